The molecule has 1 amide bonds. The van der Waals surface area contributed by atoms with Gasteiger partial charge in [0.05, 0.1) is 19.4 Å². The van der Waals surface area contributed by atoms with E-state index >= 15 is 0 Å². The third-order valence-electron chi connectivity index (χ3n) is 3.53. The van der Waals surface area contributed by atoms with E-state index in [1.54, 1.807) is 18.2 Å². The van der Waals surface area contributed by atoms with Crippen LogP contribution >= 0.6 is 0 Å². The molecule has 7 heteroatoms. The van der Waals surface area contributed by atoms with Crippen molar-refractivity contribution in [3.8, 4) is 17.2 Å². The maximum Gasteiger partial charge on any atom is 0.387 e. The van der Waals surface area contributed by atoms with Crippen LogP contribution in [0.15, 0.2) is 42.5 Å². The van der Waals surface area contributed by atoms with Crippen LogP contribution in [-0.2, 0) is 0 Å². The van der Waals surface area contributed by atoms with Gasteiger partial charge in [-0.25, -0.2) is 0 Å². The largest absolute Gasteiger partial charge is 0.493 e. The van der Waals surface area contributed by atoms with Gasteiger partial charge in [0.15, 0.2) is 11.5 Å². The number of rotatable bonds is 9. The second kappa shape index (κ2) is 9.60. The molecule has 1 N–H and O–H groups in total. The number of amides is 1. The summed E-state index contributed by atoms with van der Waals surface area (Å²) in [7, 11) is 1.31. The van der Waals surface area contributed by atoms with E-state index in [1.807, 2.05) is 6.07 Å². The van der Waals surface area contributed by atoms with E-state index in [2.05, 4.69) is 17.0 Å². The SMILES string of the molecule is CCCCOc1ccccc1NC(=O)c1ccc(OC(F)F)c(OC)c1. The minimum Gasteiger partial charge on any atom is -0.493 e. The first-order chi connectivity index (χ1) is 12.5. The molecule has 0 bridgehead atoms. The highest BCUT2D eigenvalue weighted by atomic mass is 19.3. The fourth-order valence-corrected chi connectivity index (χ4v) is 2.22. The van der Waals surface area contributed by atoms with E-state index in [4.69, 9.17) is 9.47 Å². The van der Waals surface area contributed by atoms with Crippen LogP contribution in [0.1, 0.15) is 30.1 Å². The molecule has 0 aromatic heterocycles. The molecule has 5 nitrogen and oxygen atoms in total. The Morgan fingerprint density at radius 1 is 1.12 bits per heavy atom. The Morgan fingerprint density at radius 3 is 2.58 bits per heavy atom. The quantitative estimate of drug-likeness (QED) is 0.653. The van der Waals surface area contributed by atoms with Gasteiger partial charge in [-0.3, -0.25) is 4.79 Å². The van der Waals surface area contributed by atoms with Gasteiger partial charge in [-0.1, -0.05) is 25.5 Å². The topological polar surface area (TPSA) is 56.8 Å². The van der Waals surface area contributed by atoms with E-state index in [-0.39, 0.29) is 17.1 Å². The normalized spacial score (nSPS) is 10.5. The van der Waals surface area contributed by atoms with E-state index in [0.29, 0.717) is 18.0 Å². The van der Waals surface area contributed by atoms with E-state index < -0.39 is 12.5 Å². The number of ether oxygens (including phenoxy) is 3. The molecule has 0 atom stereocenters. The van der Waals surface area contributed by atoms with E-state index in [0.717, 1.165) is 12.8 Å². The molecule has 0 aliphatic rings. The van der Waals surface area contributed by atoms with Crippen molar-refractivity contribution < 1.29 is 27.8 Å². The van der Waals surface area contributed by atoms with Crippen molar-refractivity contribution in [3.05, 3.63) is 48.0 Å². The number of alkyl halides is 2. The van der Waals surface area contributed by atoms with Gasteiger partial charge < -0.3 is 19.5 Å². The highest BCUT2D eigenvalue weighted by Crippen LogP contribution is 2.30. The monoisotopic (exact) mass is 365 g/mol. The number of methoxy groups -OCH3 is 1. The maximum absolute atomic E-state index is 12.5. The van der Waals surface area contributed by atoms with Gasteiger partial charge in [0, 0.05) is 5.56 Å². The average Bonchev–Trinajstić information content (AvgIpc) is 2.63. The molecule has 0 aliphatic heterocycles. The molecule has 2 rings (SSSR count). The smallest absolute Gasteiger partial charge is 0.387 e. The summed E-state index contributed by atoms with van der Waals surface area (Å²) in [6.45, 7) is -0.362. The number of halogens is 2. The predicted molar refractivity (Wildman–Crippen MR) is 94.4 cm³/mol. The van der Waals surface area contributed by atoms with Gasteiger partial charge >= 0.3 is 6.61 Å². The number of hydrogen-bond donors (Lipinski definition) is 1. The number of benzene rings is 2. The minimum absolute atomic E-state index is 0.0467. The molecule has 2 aromatic rings. The zero-order valence-electron chi connectivity index (χ0n) is 14.6. The summed E-state index contributed by atoms with van der Waals surface area (Å²) in [6.07, 6.45) is 1.91. The molecule has 0 fully saturated rings. The summed E-state index contributed by atoms with van der Waals surface area (Å²) in [6, 6.07) is 11.1. The Hall–Kier alpha value is -2.83. The van der Waals surface area contributed by atoms with Crippen LogP contribution < -0.4 is 19.5 Å². The summed E-state index contributed by atoms with van der Waals surface area (Å²) in [5, 5.41) is 2.76. The molecular formula is C19H21F2NO4. The van der Waals surface area contributed by atoms with Crippen molar-refractivity contribution in [2.45, 2.75) is 26.4 Å². The van der Waals surface area contributed by atoms with Crippen molar-refractivity contribution in [1.29, 1.82) is 0 Å². The van der Waals surface area contributed by atoms with Gasteiger partial charge in [0.25, 0.3) is 5.91 Å². The van der Waals surface area contributed by atoms with E-state index in [9.17, 15) is 13.6 Å². The van der Waals surface area contributed by atoms with Crippen molar-refractivity contribution in [2.75, 3.05) is 19.0 Å². The molecule has 0 saturated carbocycles. The van der Waals surface area contributed by atoms with Crippen molar-refractivity contribution >= 4 is 11.6 Å². The molecule has 0 aliphatic carbocycles. The molecule has 0 spiro atoms. The minimum atomic E-state index is -2.98. The molecule has 2 aromatic carbocycles. The van der Waals surface area contributed by atoms with Crippen LogP contribution in [0, 0.1) is 0 Å². The fraction of sp³-hybridized carbons (Fsp3) is 0.316. The Labute approximate surface area is 150 Å². The summed E-state index contributed by atoms with van der Waals surface area (Å²) in [4.78, 5) is 12.5. The molecular weight excluding hydrogens is 344 g/mol. The third-order valence-corrected chi connectivity index (χ3v) is 3.53. The zero-order valence-corrected chi connectivity index (χ0v) is 14.6. The number of hydrogen-bond acceptors (Lipinski definition) is 4. The van der Waals surface area contributed by atoms with Crippen LogP contribution in [-0.4, -0.2) is 26.2 Å². The second-order valence-corrected chi connectivity index (χ2v) is 5.40. The highest BCUT2D eigenvalue weighted by molar-refractivity contribution is 6.05. The molecule has 26 heavy (non-hydrogen) atoms. The van der Waals surface area contributed by atoms with Crippen molar-refractivity contribution in [1.82, 2.24) is 0 Å². The molecule has 0 radical (unpaired) electrons. The predicted octanol–water partition coefficient (Wildman–Crippen LogP) is 4.73. The van der Waals surface area contributed by atoms with Gasteiger partial charge in [-0.2, -0.15) is 8.78 Å². The lowest BCUT2D eigenvalue weighted by atomic mass is 10.1. The second-order valence-electron chi connectivity index (χ2n) is 5.40. The standard InChI is InChI=1S/C19H21F2NO4/c1-3-4-11-25-15-8-6-5-7-14(15)22-18(23)13-9-10-16(26-19(20)21)17(12-13)24-2/h5-10,12,19H,3-4,11H2,1-2H3,(H,22,23). The molecule has 0 saturated heterocycles. The lowest BCUT2D eigenvalue weighted by Crippen LogP contribution is -2.13. The maximum atomic E-state index is 12.5. The van der Waals surface area contributed by atoms with Crippen LogP contribution in [0.25, 0.3) is 0 Å². The molecule has 0 heterocycles. The Kier molecular flexibility index (Phi) is 7.20. The summed E-state index contributed by atoms with van der Waals surface area (Å²) in [5.41, 5.74) is 0.771. The first-order valence-corrected chi connectivity index (χ1v) is 8.21. The Bertz CT molecular complexity index is 737. The van der Waals surface area contributed by atoms with Crippen LogP contribution in [0.2, 0.25) is 0 Å². The van der Waals surface area contributed by atoms with Gasteiger partial charge in [-0.15, -0.1) is 0 Å². The lowest BCUT2D eigenvalue weighted by Gasteiger charge is -2.14. The Balaban J connectivity index is 2.15. The first-order valence-electron chi connectivity index (χ1n) is 8.21. The van der Waals surface area contributed by atoms with Crippen LogP contribution in [0.4, 0.5) is 14.5 Å². The third kappa shape index (κ3) is 5.34. The number of unbranched alkanes of at least 4 members (excludes halogenated alkanes) is 1. The summed E-state index contributed by atoms with van der Waals surface area (Å²) < 4.78 is 39.8. The van der Waals surface area contributed by atoms with Gasteiger partial charge in [-0.05, 0) is 36.8 Å². The zero-order chi connectivity index (χ0) is 18.9. The summed E-state index contributed by atoms with van der Waals surface area (Å²) >= 11 is 0. The Morgan fingerprint density at radius 2 is 1.88 bits per heavy atom. The number of para-hydroxylation sites is 2. The number of anilines is 1. The first kappa shape index (κ1) is 19.5. The fourth-order valence-electron chi connectivity index (χ4n) is 2.22. The average molecular weight is 365 g/mol. The van der Waals surface area contributed by atoms with E-state index in [1.165, 1.54) is 25.3 Å². The number of carbonyl (C=O) groups excluding carboxylic acids is 1. The van der Waals surface area contributed by atoms with Crippen molar-refractivity contribution in [3.63, 3.8) is 0 Å². The number of carbonyl (C=O) groups is 1. The molecule has 140 valence electrons. The van der Waals surface area contributed by atoms with Gasteiger partial charge in [0.1, 0.15) is 5.75 Å². The summed E-state index contributed by atoms with van der Waals surface area (Å²) in [5.74, 6) is 0.0603. The highest BCUT2D eigenvalue weighted by Gasteiger charge is 2.15. The van der Waals surface area contributed by atoms with Gasteiger partial charge in [0.2, 0.25) is 0 Å². The van der Waals surface area contributed by atoms with Crippen LogP contribution in [0.5, 0.6) is 17.2 Å². The lowest BCUT2D eigenvalue weighted by molar-refractivity contribution is -0.0512. The van der Waals surface area contributed by atoms with Crippen LogP contribution in [0.3, 0.4) is 0 Å². The van der Waals surface area contributed by atoms with Crippen molar-refractivity contribution in [2.24, 2.45) is 0 Å². The number of nitrogens with one attached hydrogen (secondary N) is 1. The molecule has 0 unspecified atom stereocenters.